The summed E-state index contributed by atoms with van der Waals surface area (Å²) in [6, 6.07) is 12.6. The van der Waals surface area contributed by atoms with Crippen molar-refractivity contribution in [2.75, 3.05) is 19.0 Å². The normalized spacial score (nSPS) is 10.1. The van der Waals surface area contributed by atoms with E-state index in [1.165, 1.54) is 16.8 Å². The minimum absolute atomic E-state index is 0.933. The zero-order chi connectivity index (χ0) is 11.4. The first-order valence-corrected chi connectivity index (χ1v) is 5.41. The molecular weight excluding hydrogens is 196 g/mol. The van der Waals surface area contributed by atoms with Gasteiger partial charge in [0.2, 0.25) is 0 Å². The molecule has 0 aliphatic carbocycles. The van der Waals surface area contributed by atoms with Gasteiger partial charge in [0.15, 0.2) is 0 Å². The van der Waals surface area contributed by atoms with Gasteiger partial charge in [-0.1, -0.05) is 24.3 Å². The van der Waals surface area contributed by atoms with E-state index in [0.717, 1.165) is 6.42 Å². The molecule has 1 heterocycles. The summed E-state index contributed by atoms with van der Waals surface area (Å²) >= 11 is 0. The second-order valence-electron chi connectivity index (χ2n) is 4.06. The summed E-state index contributed by atoms with van der Waals surface area (Å²) < 4.78 is 0. The van der Waals surface area contributed by atoms with Gasteiger partial charge in [0.1, 0.15) is 0 Å². The van der Waals surface area contributed by atoms with Gasteiger partial charge in [0.05, 0.1) is 0 Å². The maximum atomic E-state index is 4.14. The minimum Gasteiger partial charge on any atom is -0.377 e. The fourth-order valence-electron chi connectivity index (χ4n) is 1.82. The fourth-order valence-corrected chi connectivity index (χ4v) is 1.82. The summed E-state index contributed by atoms with van der Waals surface area (Å²) in [6.07, 6.45) is 4.66. The van der Waals surface area contributed by atoms with E-state index >= 15 is 0 Å². The molecule has 16 heavy (non-hydrogen) atoms. The van der Waals surface area contributed by atoms with E-state index in [1.807, 2.05) is 12.3 Å². The van der Waals surface area contributed by atoms with Gasteiger partial charge < -0.3 is 4.90 Å². The van der Waals surface area contributed by atoms with E-state index in [9.17, 15) is 0 Å². The molecule has 2 aromatic rings. The highest BCUT2D eigenvalue weighted by molar-refractivity contribution is 5.53. The Hall–Kier alpha value is -1.83. The van der Waals surface area contributed by atoms with Crippen LogP contribution in [0.15, 0.2) is 48.8 Å². The number of para-hydroxylation sites is 1. The van der Waals surface area contributed by atoms with E-state index in [0.29, 0.717) is 0 Å². The molecule has 0 amide bonds. The number of hydrogen-bond acceptors (Lipinski definition) is 2. The van der Waals surface area contributed by atoms with Gasteiger partial charge in [0, 0.05) is 38.6 Å². The van der Waals surface area contributed by atoms with Crippen LogP contribution >= 0.6 is 0 Å². The van der Waals surface area contributed by atoms with Crippen LogP contribution in [-0.2, 0) is 6.42 Å². The van der Waals surface area contributed by atoms with Gasteiger partial charge in [-0.3, -0.25) is 4.98 Å². The fraction of sp³-hybridized carbons (Fsp3) is 0.214. The van der Waals surface area contributed by atoms with Crippen molar-refractivity contribution in [1.82, 2.24) is 4.98 Å². The van der Waals surface area contributed by atoms with Crippen LogP contribution in [0.5, 0.6) is 0 Å². The number of hydrogen-bond donors (Lipinski definition) is 0. The molecule has 0 spiro atoms. The Kier molecular flexibility index (Phi) is 3.20. The average Bonchev–Trinajstić information content (AvgIpc) is 2.31. The van der Waals surface area contributed by atoms with Crippen LogP contribution in [0.25, 0.3) is 0 Å². The van der Waals surface area contributed by atoms with E-state index < -0.39 is 0 Å². The maximum absolute atomic E-state index is 4.14. The molecule has 0 saturated carbocycles. The molecule has 0 unspecified atom stereocenters. The summed E-state index contributed by atoms with van der Waals surface area (Å²) in [6.45, 7) is 0. The Labute approximate surface area is 96.6 Å². The Morgan fingerprint density at radius 2 is 1.88 bits per heavy atom. The summed E-state index contributed by atoms with van der Waals surface area (Å²) in [7, 11) is 4.14. The van der Waals surface area contributed by atoms with E-state index in [4.69, 9.17) is 0 Å². The summed E-state index contributed by atoms with van der Waals surface area (Å²) in [4.78, 5) is 6.29. The molecule has 0 aliphatic rings. The molecule has 2 heteroatoms. The third-order valence-corrected chi connectivity index (χ3v) is 2.59. The molecule has 0 atom stereocenters. The maximum Gasteiger partial charge on any atom is 0.0396 e. The van der Waals surface area contributed by atoms with Gasteiger partial charge >= 0.3 is 0 Å². The van der Waals surface area contributed by atoms with Crippen LogP contribution < -0.4 is 4.90 Å². The molecule has 1 aromatic heterocycles. The number of anilines is 1. The predicted molar refractivity (Wildman–Crippen MR) is 67.8 cm³/mol. The summed E-state index contributed by atoms with van der Waals surface area (Å²) in [5.41, 5.74) is 3.85. The third-order valence-electron chi connectivity index (χ3n) is 2.59. The first-order valence-electron chi connectivity index (χ1n) is 5.41. The van der Waals surface area contributed by atoms with Gasteiger partial charge in [-0.05, 0) is 23.3 Å². The first kappa shape index (κ1) is 10.7. The Bertz CT molecular complexity index is 449. The molecule has 0 bridgehead atoms. The van der Waals surface area contributed by atoms with Crippen LogP contribution in [0.3, 0.4) is 0 Å². The Balaban J connectivity index is 2.28. The van der Waals surface area contributed by atoms with Crippen LogP contribution in [0.2, 0.25) is 0 Å². The number of benzene rings is 1. The second kappa shape index (κ2) is 4.79. The van der Waals surface area contributed by atoms with Crippen molar-refractivity contribution in [3.05, 3.63) is 59.9 Å². The van der Waals surface area contributed by atoms with Crippen molar-refractivity contribution in [3.8, 4) is 0 Å². The van der Waals surface area contributed by atoms with Crippen molar-refractivity contribution in [2.24, 2.45) is 0 Å². The quantitative estimate of drug-likeness (QED) is 0.777. The lowest BCUT2D eigenvalue weighted by Gasteiger charge is -2.17. The SMILES string of the molecule is CN(C)c1ccccc1Cc1cccnc1. The van der Waals surface area contributed by atoms with Gasteiger partial charge in [-0.25, -0.2) is 0 Å². The van der Waals surface area contributed by atoms with Crippen LogP contribution in [-0.4, -0.2) is 19.1 Å². The molecule has 0 fully saturated rings. The summed E-state index contributed by atoms with van der Waals surface area (Å²) in [5, 5.41) is 0. The summed E-state index contributed by atoms with van der Waals surface area (Å²) in [5.74, 6) is 0. The largest absolute Gasteiger partial charge is 0.377 e. The Morgan fingerprint density at radius 3 is 2.56 bits per heavy atom. The molecule has 2 nitrogen and oxygen atoms in total. The van der Waals surface area contributed by atoms with Crippen LogP contribution in [0.4, 0.5) is 5.69 Å². The van der Waals surface area contributed by atoms with Crippen molar-refractivity contribution >= 4 is 5.69 Å². The van der Waals surface area contributed by atoms with E-state index in [-0.39, 0.29) is 0 Å². The minimum atomic E-state index is 0.933. The van der Waals surface area contributed by atoms with Gasteiger partial charge in [0.25, 0.3) is 0 Å². The van der Waals surface area contributed by atoms with E-state index in [2.05, 4.69) is 54.3 Å². The number of aromatic nitrogens is 1. The monoisotopic (exact) mass is 212 g/mol. The number of nitrogens with zero attached hydrogens (tertiary/aromatic N) is 2. The molecule has 82 valence electrons. The molecule has 2 rings (SSSR count). The highest BCUT2D eigenvalue weighted by Crippen LogP contribution is 2.20. The molecule has 0 radical (unpaired) electrons. The second-order valence-corrected chi connectivity index (χ2v) is 4.06. The van der Waals surface area contributed by atoms with Crippen molar-refractivity contribution in [1.29, 1.82) is 0 Å². The average molecular weight is 212 g/mol. The van der Waals surface area contributed by atoms with Crippen LogP contribution in [0.1, 0.15) is 11.1 Å². The van der Waals surface area contributed by atoms with Crippen molar-refractivity contribution in [2.45, 2.75) is 6.42 Å². The molecule has 0 saturated heterocycles. The molecular formula is C14H16N2. The highest BCUT2D eigenvalue weighted by atomic mass is 15.1. The van der Waals surface area contributed by atoms with Crippen molar-refractivity contribution < 1.29 is 0 Å². The van der Waals surface area contributed by atoms with Crippen LogP contribution in [0, 0.1) is 0 Å². The lowest BCUT2D eigenvalue weighted by Crippen LogP contribution is -2.11. The van der Waals surface area contributed by atoms with Gasteiger partial charge in [-0.15, -0.1) is 0 Å². The number of pyridine rings is 1. The molecule has 0 N–H and O–H groups in total. The standard InChI is InChI=1S/C14H16N2/c1-16(2)14-8-4-3-7-13(14)10-12-6-5-9-15-11-12/h3-9,11H,10H2,1-2H3. The zero-order valence-electron chi connectivity index (χ0n) is 9.72. The predicted octanol–water partition coefficient (Wildman–Crippen LogP) is 2.74. The smallest absolute Gasteiger partial charge is 0.0396 e. The first-order chi connectivity index (χ1) is 7.77. The third kappa shape index (κ3) is 2.40. The Morgan fingerprint density at radius 1 is 1.06 bits per heavy atom. The topological polar surface area (TPSA) is 16.1 Å². The lowest BCUT2D eigenvalue weighted by atomic mass is 10.0. The van der Waals surface area contributed by atoms with E-state index in [1.54, 1.807) is 6.20 Å². The van der Waals surface area contributed by atoms with Crippen molar-refractivity contribution in [3.63, 3.8) is 0 Å². The molecule has 1 aromatic carbocycles. The zero-order valence-corrected chi connectivity index (χ0v) is 9.72. The highest BCUT2D eigenvalue weighted by Gasteiger charge is 2.04. The van der Waals surface area contributed by atoms with Gasteiger partial charge in [-0.2, -0.15) is 0 Å². The molecule has 0 aliphatic heterocycles. The number of rotatable bonds is 3. The lowest BCUT2D eigenvalue weighted by molar-refractivity contribution is 1.07.